The molecule has 1 aliphatic rings. The van der Waals surface area contributed by atoms with Crippen molar-refractivity contribution in [1.82, 2.24) is 9.80 Å². The summed E-state index contributed by atoms with van der Waals surface area (Å²) in [5, 5.41) is 0. The molecule has 1 fully saturated rings. The molecule has 0 radical (unpaired) electrons. The van der Waals surface area contributed by atoms with E-state index in [4.69, 9.17) is 4.74 Å². The van der Waals surface area contributed by atoms with E-state index in [1.807, 2.05) is 40.8 Å². The van der Waals surface area contributed by atoms with Gasteiger partial charge in [-0.05, 0) is 59.5 Å². The Kier molecular flexibility index (Phi) is 7.10. The first-order valence-corrected chi connectivity index (χ1v) is 8.63. The molecule has 2 unspecified atom stereocenters. The summed E-state index contributed by atoms with van der Waals surface area (Å²) in [5.41, 5.74) is -0.553. The predicted molar refractivity (Wildman–Crippen MR) is 92.2 cm³/mol. The standard InChI is InChI=1S/C18H32N2O3/c1-7-19(8-2)12-11-16(21)15-10-9-14(3)13-20(15)17(22)23-18(4,5)6/h11-12,14-15H,7-10,13H2,1-6H3. The minimum Gasteiger partial charge on any atom is -0.444 e. The molecule has 0 aromatic heterocycles. The number of piperidine rings is 1. The number of hydrogen-bond donors (Lipinski definition) is 0. The summed E-state index contributed by atoms with van der Waals surface area (Å²) in [6.45, 7) is 14.0. The highest BCUT2D eigenvalue weighted by Gasteiger charge is 2.35. The van der Waals surface area contributed by atoms with Gasteiger partial charge < -0.3 is 9.64 Å². The largest absolute Gasteiger partial charge is 0.444 e. The van der Waals surface area contributed by atoms with E-state index in [-0.39, 0.29) is 5.78 Å². The minimum absolute atomic E-state index is 0.0188. The Morgan fingerprint density at radius 1 is 1.22 bits per heavy atom. The van der Waals surface area contributed by atoms with E-state index < -0.39 is 17.7 Å². The van der Waals surface area contributed by atoms with Gasteiger partial charge in [-0.25, -0.2) is 4.79 Å². The van der Waals surface area contributed by atoms with E-state index in [0.717, 1.165) is 19.5 Å². The Bertz CT molecular complexity index is 436. The monoisotopic (exact) mass is 324 g/mol. The summed E-state index contributed by atoms with van der Waals surface area (Å²) < 4.78 is 5.47. The Morgan fingerprint density at radius 2 is 1.83 bits per heavy atom. The Balaban J connectivity index is 2.83. The van der Waals surface area contributed by atoms with Gasteiger partial charge in [-0.15, -0.1) is 0 Å². The number of amides is 1. The van der Waals surface area contributed by atoms with Crippen molar-refractivity contribution in [2.75, 3.05) is 19.6 Å². The van der Waals surface area contributed by atoms with Crippen LogP contribution in [0.3, 0.4) is 0 Å². The average molecular weight is 324 g/mol. The smallest absolute Gasteiger partial charge is 0.410 e. The molecule has 0 bridgehead atoms. The highest BCUT2D eigenvalue weighted by molar-refractivity contribution is 5.96. The number of ether oxygens (including phenoxy) is 1. The summed E-state index contributed by atoms with van der Waals surface area (Å²) in [6.07, 6.45) is 4.69. The second-order valence-corrected chi connectivity index (χ2v) is 7.27. The number of carbonyl (C=O) groups is 2. The topological polar surface area (TPSA) is 49.9 Å². The van der Waals surface area contributed by atoms with E-state index in [1.165, 1.54) is 0 Å². The molecule has 132 valence electrons. The zero-order valence-corrected chi connectivity index (χ0v) is 15.5. The van der Waals surface area contributed by atoms with E-state index >= 15 is 0 Å². The van der Waals surface area contributed by atoms with Crippen LogP contribution in [0.1, 0.15) is 54.4 Å². The number of ketones is 1. The molecule has 1 heterocycles. The average Bonchev–Trinajstić information content (AvgIpc) is 2.46. The Labute approximate surface area is 140 Å². The molecule has 5 nitrogen and oxygen atoms in total. The zero-order valence-electron chi connectivity index (χ0n) is 15.5. The van der Waals surface area contributed by atoms with Crippen molar-refractivity contribution in [2.45, 2.75) is 66.0 Å². The molecular weight excluding hydrogens is 292 g/mol. The van der Waals surface area contributed by atoms with Gasteiger partial charge in [0.2, 0.25) is 0 Å². The van der Waals surface area contributed by atoms with Crippen LogP contribution in [0.2, 0.25) is 0 Å². The molecule has 1 rings (SSSR count). The highest BCUT2D eigenvalue weighted by Crippen LogP contribution is 2.25. The zero-order chi connectivity index (χ0) is 17.6. The number of rotatable bonds is 5. The van der Waals surface area contributed by atoms with Crippen LogP contribution in [0.15, 0.2) is 12.3 Å². The van der Waals surface area contributed by atoms with Crippen molar-refractivity contribution in [2.24, 2.45) is 5.92 Å². The van der Waals surface area contributed by atoms with Gasteiger partial charge >= 0.3 is 6.09 Å². The van der Waals surface area contributed by atoms with Gasteiger partial charge in [0, 0.05) is 25.8 Å². The van der Waals surface area contributed by atoms with Gasteiger partial charge in [-0.1, -0.05) is 6.92 Å². The van der Waals surface area contributed by atoms with Crippen LogP contribution in [-0.4, -0.2) is 53.0 Å². The first-order chi connectivity index (χ1) is 10.7. The third-order valence-electron chi connectivity index (χ3n) is 4.04. The van der Waals surface area contributed by atoms with Crippen LogP contribution in [0.5, 0.6) is 0 Å². The van der Waals surface area contributed by atoms with Gasteiger partial charge in [0.05, 0.1) is 6.04 Å². The second kappa shape index (κ2) is 8.37. The summed E-state index contributed by atoms with van der Waals surface area (Å²) in [5.74, 6) is 0.369. The molecule has 0 N–H and O–H groups in total. The van der Waals surface area contributed by atoms with Crippen molar-refractivity contribution in [3.05, 3.63) is 12.3 Å². The van der Waals surface area contributed by atoms with Gasteiger partial charge in [0.25, 0.3) is 0 Å². The predicted octanol–water partition coefficient (Wildman–Crippen LogP) is 3.45. The maximum absolute atomic E-state index is 12.6. The minimum atomic E-state index is -0.553. The normalized spacial score (nSPS) is 22.3. The van der Waals surface area contributed by atoms with Crippen LogP contribution in [-0.2, 0) is 9.53 Å². The summed E-state index contributed by atoms with van der Waals surface area (Å²) >= 11 is 0. The maximum Gasteiger partial charge on any atom is 0.410 e. The number of nitrogens with zero attached hydrogens (tertiary/aromatic N) is 2. The van der Waals surface area contributed by atoms with Crippen LogP contribution < -0.4 is 0 Å². The number of likely N-dealkylation sites (tertiary alicyclic amines) is 1. The van der Waals surface area contributed by atoms with Crippen LogP contribution in [0, 0.1) is 5.92 Å². The van der Waals surface area contributed by atoms with Crippen molar-refractivity contribution in [3.8, 4) is 0 Å². The first-order valence-electron chi connectivity index (χ1n) is 8.63. The van der Waals surface area contributed by atoms with Gasteiger partial charge in [0.15, 0.2) is 5.78 Å². The molecule has 23 heavy (non-hydrogen) atoms. The van der Waals surface area contributed by atoms with Crippen LogP contribution in [0.25, 0.3) is 0 Å². The van der Waals surface area contributed by atoms with E-state index in [1.54, 1.807) is 11.0 Å². The first kappa shape index (κ1) is 19.5. The lowest BCUT2D eigenvalue weighted by molar-refractivity contribution is -0.121. The molecule has 1 saturated heterocycles. The second-order valence-electron chi connectivity index (χ2n) is 7.27. The summed E-state index contributed by atoms with van der Waals surface area (Å²) in [7, 11) is 0. The SMILES string of the molecule is CCN(C=CC(=O)C1CCC(C)CN1C(=O)OC(C)(C)C)CC. The van der Waals surface area contributed by atoms with Crippen molar-refractivity contribution >= 4 is 11.9 Å². The van der Waals surface area contributed by atoms with Gasteiger partial charge in [0.1, 0.15) is 5.60 Å². The molecule has 1 aliphatic heterocycles. The highest BCUT2D eigenvalue weighted by atomic mass is 16.6. The number of carbonyl (C=O) groups excluding carboxylic acids is 2. The van der Waals surface area contributed by atoms with Crippen LogP contribution in [0.4, 0.5) is 4.79 Å². The fourth-order valence-corrected chi connectivity index (χ4v) is 2.70. The lowest BCUT2D eigenvalue weighted by Gasteiger charge is -2.38. The molecule has 0 aromatic carbocycles. The molecule has 0 spiro atoms. The molecule has 0 saturated carbocycles. The van der Waals surface area contributed by atoms with E-state index in [0.29, 0.717) is 18.9 Å². The molecule has 2 atom stereocenters. The lowest BCUT2D eigenvalue weighted by Crippen LogP contribution is -2.51. The molecule has 0 aromatic rings. The molecule has 0 aliphatic carbocycles. The maximum atomic E-state index is 12.6. The third-order valence-corrected chi connectivity index (χ3v) is 4.04. The van der Waals surface area contributed by atoms with E-state index in [9.17, 15) is 9.59 Å². The number of hydrogen-bond acceptors (Lipinski definition) is 4. The van der Waals surface area contributed by atoms with Crippen molar-refractivity contribution in [1.29, 1.82) is 0 Å². The fraction of sp³-hybridized carbons (Fsp3) is 0.778. The summed E-state index contributed by atoms with van der Waals surface area (Å²) in [6, 6.07) is -0.409. The molecular formula is C18H32N2O3. The summed E-state index contributed by atoms with van der Waals surface area (Å²) in [4.78, 5) is 28.7. The Morgan fingerprint density at radius 3 is 2.35 bits per heavy atom. The van der Waals surface area contributed by atoms with Crippen LogP contribution >= 0.6 is 0 Å². The van der Waals surface area contributed by atoms with Crippen molar-refractivity contribution < 1.29 is 14.3 Å². The lowest BCUT2D eigenvalue weighted by atomic mass is 9.92. The fourth-order valence-electron chi connectivity index (χ4n) is 2.70. The van der Waals surface area contributed by atoms with Gasteiger partial charge in [-0.3, -0.25) is 9.69 Å². The molecule has 5 heteroatoms. The third kappa shape index (κ3) is 6.24. The quantitative estimate of drug-likeness (QED) is 0.727. The van der Waals surface area contributed by atoms with E-state index in [2.05, 4.69) is 11.8 Å². The van der Waals surface area contributed by atoms with Gasteiger partial charge in [-0.2, -0.15) is 0 Å². The van der Waals surface area contributed by atoms with Crippen molar-refractivity contribution in [3.63, 3.8) is 0 Å². The Hall–Kier alpha value is -1.52. The molecule has 1 amide bonds.